The Morgan fingerprint density at radius 2 is 1.62 bits per heavy atom. The first-order valence-electron chi connectivity index (χ1n) is 15.1. The Balaban J connectivity index is 1.86. The van der Waals surface area contributed by atoms with E-state index in [4.69, 9.17) is 4.74 Å². The van der Waals surface area contributed by atoms with Crippen molar-refractivity contribution < 1.29 is 65.2 Å². The SMILES string of the molecule is CC(C)(C)OC(=O)N1C[C@@H](OC(F)F)C[C@@H]1C(=O)N(c1ccc(S(F)(F)(F)(F)F)cc1)C(C(=O)NC1CCC(F)(F)CC1)c1cncc(F)c1. The molecule has 4 rings (SSSR count). The maximum absolute atomic E-state index is 14.5. The number of pyridine rings is 1. The van der Waals surface area contributed by atoms with Crippen LogP contribution in [0, 0.1) is 5.82 Å². The maximum Gasteiger partial charge on any atom is 0.411 e. The van der Waals surface area contributed by atoms with E-state index in [1.807, 2.05) is 0 Å². The van der Waals surface area contributed by atoms with Crippen molar-refractivity contribution >= 4 is 33.8 Å². The van der Waals surface area contributed by atoms with Crippen LogP contribution in [-0.4, -0.2) is 70.7 Å². The molecule has 20 heteroatoms. The fourth-order valence-corrected chi connectivity index (χ4v) is 6.34. The molecule has 0 radical (unpaired) electrons. The summed E-state index contributed by atoms with van der Waals surface area (Å²) in [5, 5.41) is 2.48. The molecule has 1 aliphatic heterocycles. The Labute approximate surface area is 280 Å². The number of ether oxygens (including phenoxy) is 2. The van der Waals surface area contributed by atoms with Crippen molar-refractivity contribution in [2.24, 2.45) is 0 Å². The standard InChI is InChI=1S/C30H34F10N4O5S/c1-29(2,3)49-28(47)43-16-21(48-27(32)33)13-23(43)26(46)44(20-4-6-22(7-5-20)50(36,37,38,39)40)24(17-12-18(31)15-41-14-17)25(45)42-19-8-10-30(34,35)11-9-19/h4-7,12,14-15,19,21,23-24,27H,8-11,13,16H2,1-3H3,(H,42,45)/t21-,23+,24?/m0/s1. The van der Waals surface area contributed by atoms with E-state index in [1.165, 1.54) is 20.8 Å². The number of rotatable bonds is 9. The van der Waals surface area contributed by atoms with E-state index in [-0.39, 0.29) is 25.0 Å². The smallest absolute Gasteiger partial charge is 0.411 e. The van der Waals surface area contributed by atoms with E-state index in [2.05, 4.69) is 15.0 Å². The average molecular weight is 753 g/mol. The van der Waals surface area contributed by atoms with Crippen molar-refractivity contribution in [3.05, 3.63) is 54.1 Å². The summed E-state index contributed by atoms with van der Waals surface area (Å²) in [6.45, 7) is 0.341. The number of carbonyl (C=O) groups excluding carboxylic acids is 3. The van der Waals surface area contributed by atoms with Crippen molar-refractivity contribution in [3.8, 4) is 0 Å². The Morgan fingerprint density at radius 1 is 1.02 bits per heavy atom. The molecule has 3 atom stereocenters. The van der Waals surface area contributed by atoms with E-state index >= 15 is 0 Å². The first-order valence-corrected chi connectivity index (χ1v) is 17.1. The number of alkyl halides is 4. The minimum absolute atomic E-state index is 0.0534. The number of hydrogen-bond donors (Lipinski definition) is 1. The van der Waals surface area contributed by atoms with E-state index in [9.17, 15) is 55.8 Å². The summed E-state index contributed by atoms with van der Waals surface area (Å²) in [4.78, 5) is 44.2. The van der Waals surface area contributed by atoms with Crippen LogP contribution in [0.3, 0.4) is 0 Å². The number of amides is 3. The fourth-order valence-electron chi connectivity index (χ4n) is 5.69. The number of likely N-dealkylation sites (tertiary alicyclic amines) is 1. The maximum atomic E-state index is 14.5. The number of aromatic nitrogens is 1. The largest absolute Gasteiger partial charge is 0.444 e. The van der Waals surface area contributed by atoms with Gasteiger partial charge in [0.15, 0.2) is 0 Å². The quantitative estimate of drug-likeness (QED) is 0.259. The molecule has 1 aliphatic carbocycles. The van der Waals surface area contributed by atoms with E-state index in [0.717, 1.165) is 12.3 Å². The molecule has 1 aromatic carbocycles. The highest BCUT2D eigenvalue weighted by molar-refractivity contribution is 8.45. The lowest BCUT2D eigenvalue weighted by Gasteiger charge is -2.41. The lowest BCUT2D eigenvalue weighted by atomic mass is 9.91. The molecule has 9 nitrogen and oxygen atoms in total. The Kier molecular flexibility index (Phi) is 10.2. The average Bonchev–Trinajstić information content (AvgIpc) is 3.38. The molecule has 1 saturated heterocycles. The third-order valence-corrected chi connectivity index (χ3v) is 9.04. The van der Waals surface area contributed by atoms with E-state index < -0.39 is 118 Å². The van der Waals surface area contributed by atoms with Gasteiger partial charge in [0.2, 0.25) is 11.8 Å². The molecule has 1 aromatic heterocycles. The van der Waals surface area contributed by atoms with Gasteiger partial charge in [-0.05, 0) is 63.9 Å². The minimum atomic E-state index is -10.3. The van der Waals surface area contributed by atoms with Gasteiger partial charge in [-0.3, -0.25) is 24.4 Å². The second-order valence-electron chi connectivity index (χ2n) is 13.1. The van der Waals surface area contributed by atoms with Gasteiger partial charge in [0.05, 0.1) is 18.8 Å². The molecular formula is C30H34F10N4O5S. The molecule has 1 N–H and O–H groups in total. The summed E-state index contributed by atoms with van der Waals surface area (Å²) in [5.41, 5.74) is -2.24. The van der Waals surface area contributed by atoms with Crippen molar-refractivity contribution in [1.29, 1.82) is 0 Å². The topological polar surface area (TPSA) is 101 Å². The molecule has 0 bridgehead atoms. The Hall–Kier alpha value is -3.81. The molecule has 2 aromatic rings. The van der Waals surface area contributed by atoms with Gasteiger partial charge < -0.3 is 14.8 Å². The van der Waals surface area contributed by atoms with Crippen LogP contribution < -0.4 is 10.2 Å². The molecule has 1 unspecified atom stereocenters. The number of halogens is 10. The van der Waals surface area contributed by atoms with Gasteiger partial charge >= 0.3 is 22.9 Å². The predicted octanol–water partition coefficient (Wildman–Crippen LogP) is 8.26. The molecule has 280 valence electrons. The third-order valence-electron chi connectivity index (χ3n) is 7.88. The van der Waals surface area contributed by atoms with Gasteiger partial charge in [0.1, 0.15) is 28.4 Å². The lowest BCUT2D eigenvalue weighted by Crippen LogP contribution is -2.54. The number of nitrogens with zero attached hydrogens (tertiary/aromatic N) is 3. The van der Waals surface area contributed by atoms with Crippen LogP contribution in [-0.2, 0) is 19.1 Å². The van der Waals surface area contributed by atoms with Crippen LogP contribution in [0.4, 0.5) is 51.9 Å². The van der Waals surface area contributed by atoms with Crippen molar-refractivity contribution in [3.63, 3.8) is 0 Å². The summed E-state index contributed by atoms with van der Waals surface area (Å²) in [6.07, 6.45) is -3.45. The normalized spacial score (nSPS) is 22.0. The Morgan fingerprint density at radius 3 is 2.14 bits per heavy atom. The summed E-state index contributed by atoms with van der Waals surface area (Å²) < 4.78 is 147. The van der Waals surface area contributed by atoms with Crippen LogP contribution in [0.2, 0.25) is 0 Å². The molecule has 1 saturated carbocycles. The summed E-state index contributed by atoms with van der Waals surface area (Å²) in [6, 6.07) is -3.31. The molecule has 2 fully saturated rings. The van der Waals surface area contributed by atoms with E-state index in [1.54, 1.807) is 0 Å². The first kappa shape index (κ1) is 39.0. The van der Waals surface area contributed by atoms with Gasteiger partial charge in [0.25, 0.3) is 5.91 Å². The van der Waals surface area contributed by atoms with Gasteiger partial charge in [0, 0.05) is 42.8 Å². The van der Waals surface area contributed by atoms with Crippen molar-refractivity contribution in [2.45, 2.75) is 100 Å². The monoisotopic (exact) mass is 752 g/mol. The molecule has 3 amide bonds. The minimum Gasteiger partial charge on any atom is -0.444 e. The van der Waals surface area contributed by atoms with Crippen LogP contribution in [0.25, 0.3) is 0 Å². The fraction of sp³-hybridized carbons (Fsp3) is 0.533. The number of anilines is 1. The number of nitrogens with one attached hydrogen (secondary N) is 1. The number of hydrogen-bond acceptors (Lipinski definition) is 6. The predicted molar refractivity (Wildman–Crippen MR) is 160 cm³/mol. The summed E-state index contributed by atoms with van der Waals surface area (Å²) in [5.74, 6) is -6.57. The highest BCUT2D eigenvalue weighted by Gasteiger charge is 2.65. The van der Waals surface area contributed by atoms with Gasteiger partial charge in [-0.15, -0.1) is 0 Å². The highest BCUT2D eigenvalue weighted by atomic mass is 32.5. The first-order chi connectivity index (χ1) is 22.7. The molecule has 2 heterocycles. The Bertz CT molecular complexity index is 1580. The van der Waals surface area contributed by atoms with Gasteiger partial charge in [-0.25, -0.2) is 18.0 Å². The van der Waals surface area contributed by atoms with Crippen LogP contribution in [0.5, 0.6) is 0 Å². The zero-order valence-corrected chi connectivity index (χ0v) is 27.6. The zero-order chi connectivity index (χ0) is 37.5. The third kappa shape index (κ3) is 9.91. The van der Waals surface area contributed by atoms with Crippen LogP contribution in [0.15, 0.2) is 47.6 Å². The summed E-state index contributed by atoms with van der Waals surface area (Å²) >= 11 is 0. The van der Waals surface area contributed by atoms with Crippen molar-refractivity contribution in [2.75, 3.05) is 11.4 Å². The molecular weight excluding hydrogens is 718 g/mol. The van der Waals surface area contributed by atoms with Crippen LogP contribution in [0.1, 0.15) is 64.5 Å². The number of carbonyl (C=O) groups is 3. The van der Waals surface area contributed by atoms with E-state index in [0.29, 0.717) is 28.1 Å². The zero-order valence-electron chi connectivity index (χ0n) is 26.7. The second-order valence-corrected chi connectivity index (χ2v) is 15.5. The summed E-state index contributed by atoms with van der Waals surface area (Å²) in [7, 11) is -10.3. The molecule has 50 heavy (non-hydrogen) atoms. The lowest BCUT2D eigenvalue weighted by molar-refractivity contribution is -0.159. The molecule has 2 aliphatic rings. The second kappa shape index (κ2) is 13.1. The van der Waals surface area contributed by atoms with Crippen molar-refractivity contribution in [1.82, 2.24) is 15.2 Å². The van der Waals surface area contributed by atoms with Gasteiger partial charge in [-0.2, -0.15) is 8.78 Å². The molecule has 0 spiro atoms. The van der Waals surface area contributed by atoms with Gasteiger partial charge in [-0.1, -0.05) is 19.4 Å². The highest BCUT2D eigenvalue weighted by Crippen LogP contribution is 3.02. The van der Waals surface area contributed by atoms with Crippen LogP contribution >= 0.6 is 10.2 Å². The number of benzene rings is 1.